The summed E-state index contributed by atoms with van der Waals surface area (Å²) >= 11 is 0. The molecular weight excluding hydrogens is 330 g/mol. The molecule has 1 aromatic heterocycles. The molecule has 1 unspecified atom stereocenters. The van der Waals surface area contributed by atoms with E-state index >= 15 is 0 Å². The van der Waals surface area contributed by atoms with Crippen LogP contribution in [-0.2, 0) is 6.54 Å². The molecule has 1 aromatic carbocycles. The molecule has 0 amide bonds. The molecule has 0 radical (unpaired) electrons. The van der Waals surface area contributed by atoms with E-state index in [1.54, 1.807) is 0 Å². The molecule has 3 rings (SSSR count). The number of ether oxygens (including phenoxy) is 1. The van der Waals surface area contributed by atoms with Gasteiger partial charge in [-0.15, -0.1) is 0 Å². The zero-order chi connectivity index (χ0) is 18.5. The van der Waals surface area contributed by atoms with Crippen LogP contribution in [0.25, 0.3) is 0 Å². The Bertz CT molecular complexity index is 863. The van der Waals surface area contributed by atoms with Crippen molar-refractivity contribution in [3.8, 4) is 5.75 Å². The molecule has 26 heavy (non-hydrogen) atoms. The molecule has 140 valence electrons. The van der Waals surface area contributed by atoms with Crippen molar-refractivity contribution in [2.24, 2.45) is 0 Å². The monoisotopic (exact) mass is 357 g/mol. The first-order chi connectivity index (χ1) is 12.5. The Morgan fingerprint density at radius 3 is 2.81 bits per heavy atom. The smallest absolute Gasteiger partial charge is 0.328 e. The number of piperidine rings is 1. The van der Waals surface area contributed by atoms with E-state index in [1.165, 1.54) is 36.1 Å². The first kappa shape index (κ1) is 18.5. The molecule has 1 aliphatic heterocycles. The zero-order valence-electron chi connectivity index (χ0n) is 15.5. The summed E-state index contributed by atoms with van der Waals surface area (Å²) in [6, 6.07) is 6.02. The van der Waals surface area contributed by atoms with Gasteiger partial charge in [-0.3, -0.25) is 14.3 Å². The van der Waals surface area contributed by atoms with Gasteiger partial charge < -0.3 is 10.1 Å². The van der Waals surface area contributed by atoms with Crippen molar-refractivity contribution in [1.82, 2.24) is 14.9 Å². The second kappa shape index (κ2) is 8.36. The normalized spacial score (nSPS) is 17.2. The largest absolute Gasteiger partial charge is 0.493 e. The summed E-state index contributed by atoms with van der Waals surface area (Å²) in [5, 5.41) is 3.54. The van der Waals surface area contributed by atoms with Crippen molar-refractivity contribution in [2.45, 2.75) is 52.1 Å². The quantitative estimate of drug-likeness (QED) is 0.830. The molecule has 1 saturated heterocycles. The SMILES string of the molecule is Cc1cc(C)c(OCCC2CCCCN2)c(Cn2ccc(=O)[nH]c2=O)c1. The fraction of sp³-hybridized carbons (Fsp3) is 0.500. The molecule has 0 spiro atoms. The minimum atomic E-state index is -0.408. The summed E-state index contributed by atoms with van der Waals surface area (Å²) in [6.45, 7) is 6.17. The Kier molecular flexibility index (Phi) is 5.93. The molecule has 0 bridgehead atoms. The Labute approximate surface area is 153 Å². The van der Waals surface area contributed by atoms with Crippen LogP contribution in [0.15, 0.2) is 34.0 Å². The number of aromatic amines is 1. The predicted octanol–water partition coefficient (Wildman–Crippen LogP) is 2.11. The summed E-state index contributed by atoms with van der Waals surface area (Å²) in [7, 11) is 0. The van der Waals surface area contributed by atoms with E-state index in [-0.39, 0.29) is 5.56 Å². The van der Waals surface area contributed by atoms with Crippen LogP contribution in [0.4, 0.5) is 0 Å². The number of nitrogens with one attached hydrogen (secondary N) is 2. The first-order valence-electron chi connectivity index (χ1n) is 9.29. The summed E-state index contributed by atoms with van der Waals surface area (Å²) in [5.41, 5.74) is 2.34. The predicted molar refractivity (Wildman–Crippen MR) is 102 cm³/mol. The van der Waals surface area contributed by atoms with Crippen molar-refractivity contribution in [3.05, 3.63) is 61.9 Å². The number of benzene rings is 1. The first-order valence-corrected chi connectivity index (χ1v) is 9.29. The van der Waals surface area contributed by atoms with Crippen molar-refractivity contribution in [3.63, 3.8) is 0 Å². The van der Waals surface area contributed by atoms with Crippen LogP contribution >= 0.6 is 0 Å². The highest BCUT2D eigenvalue weighted by Gasteiger charge is 2.14. The molecule has 0 aliphatic carbocycles. The summed E-state index contributed by atoms with van der Waals surface area (Å²) in [6.07, 6.45) is 6.24. The lowest BCUT2D eigenvalue weighted by atomic mass is 10.0. The summed E-state index contributed by atoms with van der Waals surface area (Å²) < 4.78 is 7.63. The lowest BCUT2D eigenvalue weighted by molar-refractivity contribution is 0.264. The van der Waals surface area contributed by atoms with Gasteiger partial charge in [0.25, 0.3) is 5.56 Å². The Morgan fingerprint density at radius 1 is 1.23 bits per heavy atom. The van der Waals surface area contributed by atoms with Gasteiger partial charge in [0.05, 0.1) is 13.2 Å². The third kappa shape index (κ3) is 4.64. The lowest BCUT2D eigenvalue weighted by Crippen LogP contribution is -2.35. The van der Waals surface area contributed by atoms with Gasteiger partial charge in [0.15, 0.2) is 0 Å². The van der Waals surface area contributed by atoms with Crippen molar-refractivity contribution in [2.75, 3.05) is 13.2 Å². The van der Waals surface area contributed by atoms with E-state index in [9.17, 15) is 9.59 Å². The Balaban J connectivity index is 1.76. The van der Waals surface area contributed by atoms with Gasteiger partial charge in [0.1, 0.15) is 5.75 Å². The average molecular weight is 357 g/mol. The highest BCUT2D eigenvalue weighted by Crippen LogP contribution is 2.26. The van der Waals surface area contributed by atoms with Crippen LogP contribution in [0.1, 0.15) is 42.4 Å². The molecule has 1 aliphatic rings. The number of aromatic nitrogens is 2. The van der Waals surface area contributed by atoms with Crippen molar-refractivity contribution in [1.29, 1.82) is 0 Å². The van der Waals surface area contributed by atoms with Crippen LogP contribution in [0.5, 0.6) is 5.75 Å². The van der Waals surface area contributed by atoms with Gasteiger partial charge in [-0.25, -0.2) is 4.79 Å². The second-order valence-electron chi connectivity index (χ2n) is 7.09. The fourth-order valence-corrected chi connectivity index (χ4v) is 3.59. The summed E-state index contributed by atoms with van der Waals surface area (Å²) in [4.78, 5) is 25.6. The van der Waals surface area contributed by atoms with Crippen LogP contribution < -0.4 is 21.3 Å². The standard InChI is InChI=1S/C20H27N3O3/c1-14-11-15(2)19(26-10-7-17-5-3-4-8-21-17)16(12-14)13-23-9-6-18(24)22-20(23)25/h6,9,11-12,17,21H,3-5,7-8,10,13H2,1-2H3,(H,22,24,25). The molecule has 2 heterocycles. The van der Waals surface area contributed by atoms with E-state index in [4.69, 9.17) is 4.74 Å². The number of rotatable bonds is 6. The maximum Gasteiger partial charge on any atom is 0.328 e. The van der Waals surface area contributed by atoms with Crippen LogP contribution in [0, 0.1) is 13.8 Å². The molecule has 1 atom stereocenters. The van der Waals surface area contributed by atoms with Crippen molar-refractivity contribution < 1.29 is 4.74 Å². The average Bonchev–Trinajstić information content (AvgIpc) is 2.60. The number of nitrogens with zero attached hydrogens (tertiary/aromatic N) is 1. The molecular formula is C20H27N3O3. The van der Waals surface area contributed by atoms with Crippen LogP contribution in [0.3, 0.4) is 0 Å². The van der Waals surface area contributed by atoms with Gasteiger partial charge in [-0.05, 0) is 45.2 Å². The minimum Gasteiger partial charge on any atom is -0.493 e. The molecule has 6 heteroatoms. The number of hydrogen-bond acceptors (Lipinski definition) is 4. The number of aryl methyl sites for hydroxylation is 2. The van der Waals surface area contributed by atoms with Gasteiger partial charge in [-0.1, -0.05) is 24.1 Å². The second-order valence-corrected chi connectivity index (χ2v) is 7.09. The van der Waals surface area contributed by atoms with E-state index in [0.717, 1.165) is 35.4 Å². The van der Waals surface area contributed by atoms with Gasteiger partial charge in [0.2, 0.25) is 0 Å². The number of hydrogen-bond donors (Lipinski definition) is 2. The molecule has 1 fully saturated rings. The van der Waals surface area contributed by atoms with Crippen LogP contribution in [0.2, 0.25) is 0 Å². The highest BCUT2D eigenvalue weighted by molar-refractivity contribution is 5.44. The number of H-pyrrole nitrogens is 1. The fourth-order valence-electron chi connectivity index (χ4n) is 3.59. The Morgan fingerprint density at radius 2 is 2.08 bits per heavy atom. The maximum absolute atomic E-state index is 12.0. The highest BCUT2D eigenvalue weighted by atomic mass is 16.5. The van der Waals surface area contributed by atoms with E-state index in [1.807, 2.05) is 19.9 Å². The molecule has 6 nitrogen and oxygen atoms in total. The van der Waals surface area contributed by atoms with E-state index in [0.29, 0.717) is 19.2 Å². The third-order valence-corrected chi connectivity index (χ3v) is 4.86. The zero-order valence-corrected chi connectivity index (χ0v) is 15.5. The Hall–Kier alpha value is -2.34. The molecule has 0 saturated carbocycles. The molecule has 2 N–H and O–H groups in total. The van der Waals surface area contributed by atoms with E-state index < -0.39 is 5.69 Å². The summed E-state index contributed by atoms with van der Waals surface area (Å²) in [5.74, 6) is 0.838. The van der Waals surface area contributed by atoms with Gasteiger partial charge in [0, 0.05) is 23.9 Å². The third-order valence-electron chi connectivity index (χ3n) is 4.86. The molecule has 2 aromatic rings. The topological polar surface area (TPSA) is 76.1 Å². The maximum atomic E-state index is 12.0. The van der Waals surface area contributed by atoms with Gasteiger partial charge in [-0.2, -0.15) is 0 Å². The van der Waals surface area contributed by atoms with Gasteiger partial charge >= 0.3 is 5.69 Å². The van der Waals surface area contributed by atoms with Crippen molar-refractivity contribution >= 4 is 0 Å². The lowest BCUT2D eigenvalue weighted by Gasteiger charge is -2.24. The van der Waals surface area contributed by atoms with Crippen LogP contribution in [-0.4, -0.2) is 28.7 Å². The minimum absolute atomic E-state index is 0.370. The van der Waals surface area contributed by atoms with E-state index in [2.05, 4.69) is 16.4 Å².